The third-order valence-corrected chi connectivity index (χ3v) is 4.79. The van der Waals surface area contributed by atoms with Crippen molar-refractivity contribution in [2.45, 2.75) is 17.3 Å². The van der Waals surface area contributed by atoms with Crippen LogP contribution in [0, 0.1) is 0 Å². The molecule has 130 valence electrons. The molecule has 0 fully saturated rings. The molecule has 3 aromatic rings. The first-order valence-corrected chi connectivity index (χ1v) is 8.92. The number of carbonyl (C=O) groups is 2. The van der Waals surface area contributed by atoms with Crippen molar-refractivity contribution >= 4 is 29.1 Å². The van der Waals surface area contributed by atoms with Gasteiger partial charge in [0.05, 0.1) is 0 Å². The van der Waals surface area contributed by atoms with Crippen molar-refractivity contribution < 1.29 is 9.59 Å². The highest BCUT2D eigenvalue weighted by Crippen LogP contribution is 2.34. The van der Waals surface area contributed by atoms with E-state index >= 15 is 0 Å². The lowest BCUT2D eigenvalue weighted by Gasteiger charge is -2.16. The lowest BCUT2D eigenvalue weighted by molar-refractivity contribution is -0.115. The van der Waals surface area contributed by atoms with Gasteiger partial charge >= 0.3 is 0 Å². The maximum atomic E-state index is 12.9. The molecule has 26 heavy (non-hydrogen) atoms. The van der Waals surface area contributed by atoms with E-state index in [1.807, 2.05) is 30.3 Å². The number of anilines is 1. The third kappa shape index (κ3) is 4.55. The van der Waals surface area contributed by atoms with E-state index < -0.39 is 5.25 Å². The van der Waals surface area contributed by atoms with E-state index in [-0.39, 0.29) is 11.7 Å². The summed E-state index contributed by atoms with van der Waals surface area (Å²) in [6.07, 6.45) is 3.29. The number of ketones is 1. The molecule has 0 aliphatic rings. The fourth-order valence-corrected chi connectivity index (χ4v) is 3.29. The van der Waals surface area contributed by atoms with Crippen LogP contribution in [0.2, 0.25) is 0 Å². The van der Waals surface area contributed by atoms with Crippen molar-refractivity contribution in [1.82, 2.24) is 9.97 Å². The summed E-state index contributed by atoms with van der Waals surface area (Å²) in [5.74, 6) is -0.248. The van der Waals surface area contributed by atoms with Gasteiger partial charge in [0.1, 0.15) is 5.25 Å². The van der Waals surface area contributed by atoms with Gasteiger partial charge in [-0.2, -0.15) is 0 Å². The second-order valence-corrected chi connectivity index (χ2v) is 6.64. The molecule has 0 radical (unpaired) electrons. The average Bonchev–Trinajstić information content (AvgIpc) is 2.67. The number of hydrogen-bond acceptors (Lipinski definition) is 5. The minimum Gasteiger partial charge on any atom is -0.325 e. The molecule has 1 N–H and O–H groups in total. The number of nitrogens with one attached hydrogen (secondary N) is 1. The molecule has 0 saturated carbocycles. The van der Waals surface area contributed by atoms with Gasteiger partial charge in [-0.3, -0.25) is 9.59 Å². The Labute approximate surface area is 155 Å². The first kappa shape index (κ1) is 17.8. The van der Waals surface area contributed by atoms with Crippen molar-refractivity contribution in [3.05, 3.63) is 84.2 Å². The van der Waals surface area contributed by atoms with Gasteiger partial charge in [0.15, 0.2) is 10.9 Å². The fraction of sp³-hybridized carbons (Fsp3) is 0.100. The second-order valence-electron chi connectivity index (χ2n) is 5.57. The Kier molecular flexibility index (Phi) is 5.76. The molecular formula is C20H17N3O2S. The summed E-state index contributed by atoms with van der Waals surface area (Å²) in [4.78, 5) is 32.9. The summed E-state index contributed by atoms with van der Waals surface area (Å²) < 4.78 is 0. The summed E-state index contributed by atoms with van der Waals surface area (Å²) in [5, 5.41) is 2.90. The number of amides is 1. The van der Waals surface area contributed by atoms with Crippen molar-refractivity contribution in [3.63, 3.8) is 0 Å². The van der Waals surface area contributed by atoms with Crippen LogP contribution in [0.25, 0.3) is 0 Å². The first-order valence-electron chi connectivity index (χ1n) is 8.04. The molecule has 1 aromatic heterocycles. The molecule has 0 saturated heterocycles. The molecular weight excluding hydrogens is 346 g/mol. The molecule has 5 nitrogen and oxygen atoms in total. The Morgan fingerprint density at radius 3 is 2.38 bits per heavy atom. The normalized spacial score (nSPS) is 11.6. The number of nitrogens with zero attached hydrogens (tertiary/aromatic N) is 2. The largest absolute Gasteiger partial charge is 0.325 e. The van der Waals surface area contributed by atoms with Crippen LogP contribution in [0.5, 0.6) is 0 Å². The highest BCUT2D eigenvalue weighted by atomic mass is 32.2. The van der Waals surface area contributed by atoms with E-state index in [1.165, 1.54) is 18.7 Å². The minimum atomic E-state index is -0.514. The van der Waals surface area contributed by atoms with Crippen LogP contribution in [0.1, 0.15) is 28.1 Å². The molecule has 6 heteroatoms. The Morgan fingerprint density at radius 1 is 0.962 bits per heavy atom. The summed E-state index contributed by atoms with van der Waals surface area (Å²) in [6, 6.07) is 18.1. The molecule has 1 atom stereocenters. The quantitative estimate of drug-likeness (QED) is 0.405. The van der Waals surface area contributed by atoms with Gasteiger partial charge in [-0.1, -0.05) is 54.2 Å². The molecule has 1 amide bonds. The minimum absolute atomic E-state index is 0.0484. The van der Waals surface area contributed by atoms with Crippen LogP contribution < -0.4 is 5.32 Å². The number of aromatic nitrogens is 2. The summed E-state index contributed by atoms with van der Waals surface area (Å²) in [6.45, 7) is 1.50. The van der Waals surface area contributed by atoms with Gasteiger partial charge in [0, 0.05) is 23.6 Å². The molecule has 0 bridgehead atoms. The van der Waals surface area contributed by atoms with Crippen LogP contribution in [0.15, 0.2) is 78.2 Å². The van der Waals surface area contributed by atoms with Gasteiger partial charge < -0.3 is 5.32 Å². The smallest absolute Gasteiger partial charge is 0.242 e. The fourth-order valence-electron chi connectivity index (χ4n) is 2.38. The number of Topliss-reactive ketones (excluding diaryl/α,β-unsaturated/α-hetero) is 1. The van der Waals surface area contributed by atoms with E-state index in [2.05, 4.69) is 15.3 Å². The van der Waals surface area contributed by atoms with Crippen LogP contribution in [-0.4, -0.2) is 21.7 Å². The van der Waals surface area contributed by atoms with Crippen molar-refractivity contribution in [3.8, 4) is 0 Å². The maximum Gasteiger partial charge on any atom is 0.242 e. The number of rotatable bonds is 6. The van der Waals surface area contributed by atoms with E-state index in [0.717, 1.165) is 5.56 Å². The van der Waals surface area contributed by atoms with Crippen LogP contribution >= 0.6 is 11.8 Å². The summed E-state index contributed by atoms with van der Waals surface area (Å²) in [5.41, 5.74) is 1.99. The van der Waals surface area contributed by atoms with Crippen LogP contribution in [-0.2, 0) is 4.79 Å². The lowest BCUT2D eigenvalue weighted by atomic mass is 10.1. The van der Waals surface area contributed by atoms with Gasteiger partial charge in [0.2, 0.25) is 5.91 Å². The monoisotopic (exact) mass is 363 g/mol. The lowest BCUT2D eigenvalue weighted by Crippen LogP contribution is -2.19. The van der Waals surface area contributed by atoms with Gasteiger partial charge in [-0.25, -0.2) is 9.97 Å². The highest BCUT2D eigenvalue weighted by Gasteiger charge is 2.23. The summed E-state index contributed by atoms with van der Waals surface area (Å²) >= 11 is 1.28. The van der Waals surface area contributed by atoms with Crippen molar-refractivity contribution in [2.75, 3.05) is 5.32 Å². The Balaban J connectivity index is 1.85. The van der Waals surface area contributed by atoms with E-state index in [9.17, 15) is 9.59 Å². The number of benzene rings is 2. The number of thioether (sulfide) groups is 1. The molecule has 2 aromatic carbocycles. The second kappa shape index (κ2) is 8.40. The first-order chi connectivity index (χ1) is 12.6. The average molecular weight is 363 g/mol. The zero-order valence-corrected chi connectivity index (χ0v) is 14.9. The molecule has 0 aliphatic carbocycles. The molecule has 3 rings (SSSR count). The van der Waals surface area contributed by atoms with Gasteiger partial charge in [-0.15, -0.1) is 0 Å². The standard InChI is InChI=1S/C20H17N3O2S/c1-14(24)16-9-5-10-17(13-16)23-19(25)18(15-7-3-2-4-8-15)26-20-21-11-6-12-22-20/h2-13,18H,1H3,(H,23,25)/t18-/m1/s1. The van der Waals surface area contributed by atoms with E-state index in [0.29, 0.717) is 16.4 Å². The van der Waals surface area contributed by atoms with E-state index in [4.69, 9.17) is 0 Å². The SMILES string of the molecule is CC(=O)c1cccc(NC(=O)[C@H](Sc2ncccn2)c2ccccc2)c1. The zero-order chi connectivity index (χ0) is 18.4. The molecule has 0 aliphatic heterocycles. The van der Waals surface area contributed by atoms with E-state index in [1.54, 1.807) is 42.7 Å². The van der Waals surface area contributed by atoms with Crippen LogP contribution in [0.4, 0.5) is 5.69 Å². The topological polar surface area (TPSA) is 72.0 Å². The maximum absolute atomic E-state index is 12.9. The Hall–Kier alpha value is -2.99. The van der Waals surface area contributed by atoms with Gasteiger partial charge in [-0.05, 0) is 30.7 Å². The van der Waals surface area contributed by atoms with Gasteiger partial charge in [0.25, 0.3) is 0 Å². The number of hydrogen-bond donors (Lipinski definition) is 1. The number of carbonyl (C=O) groups excluding carboxylic acids is 2. The predicted octanol–water partition coefficient (Wildman–Crippen LogP) is 4.15. The molecule has 1 heterocycles. The highest BCUT2D eigenvalue weighted by molar-refractivity contribution is 8.00. The Morgan fingerprint density at radius 2 is 1.69 bits per heavy atom. The van der Waals surface area contributed by atoms with Crippen LogP contribution in [0.3, 0.4) is 0 Å². The predicted molar refractivity (Wildman–Crippen MR) is 102 cm³/mol. The van der Waals surface area contributed by atoms with Crippen molar-refractivity contribution in [1.29, 1.82) is 0 Å². The summed E-state index contributed by atoms with van der Waals surface area (Å²) in [7, 11) is 0. The Bertz CT molecular complexity index is 901. The third-order valence-electron chi connectivity index (χ3n) is 3.64. The molecule has 0 unspecified atom stereocenters. The molecule has 0 spiro atoms. The van der Waals surface area contributed by atoms with Crippen molar-refractivity contribution in [2.24, 2.45) is 0 Å². The zero-order valence-electron chi connectivity index (χ0n) is 14.1.